The van der Waals surface area contributed by atoms with Gasteiger partial charge in [-0.25, -0.2) is 9.18 Å². The van der Waals surface area contributed by atoms with Gasteiger partial charge in [-0.2, -0.15) is 0 Å². The van der Waals surface area contributed by atoms with Gasteiger partial charge >= 0.3 is 5.97 Å². The fourth-order valence-corrected chi connectivity index (χ4v) is 3.84. The molecule has 37 heavy (non-hydrogen) atoms. The Bertz CT molecular complexity index is 1240. The molecule has 3 rings (SSSR count). The van der Waals surface area contributed by atoms with Gasteiger partial charge in [0.15, 0.2) is 0 Å². The molecule has 3 atom stereocenters. The number of nitrogens with zero attached hydrogens (tertiary/aromatic N) is 2. The standard InChI is InChI=1S/C25H28ClFN6O4/c1-13(2)22(28)24(35)31-20(25(36)37)11-17(30-23(34)21-12-29-33-32-21)9-14-3-5-15(6-4-14)18-10-16(26)7-8-19(18)27/h3-8,10,12-13,17,20,22H,9,11,28H2,1-2H3,(H,30,34)(H,31,35)(H,36,37)(H,29,32,33)/t17-,20-,22?/m1/s1. The molecule has 1 unspecified atom stereocenters. The van der Waals surface area contributed by atoms with E-state index in [1.54, 1.807) is 38.1 Å². The van der Waals surface area contributed by atoms with Crippen LogP contribution in [0.4, 0.5) is 4.39 Å². The summed E-state index contributed by atoms with van der Waals surface area (Å²) in [4.78, 5) is 37.0. The molecule has 2 amide bonds. The third-order valence-electron chi connectivity index (χ3n) is 5.83. The number of carboxylic acid groups (broad SMARTS) is 1. The highest BCUT2D eigenvalue weighted by Gasteiger charge is 2.29. The van der Waals surface area contributed by atoms with Gasteiger partial charge in [0.05, 0.1) is 12.2 Å². The first-order chi connectivity index (χ1) is 17.5. The minimum absolute atomic E-state index is 0.0921. The number of aromatic nitrogens is 3. The number of carbonyl (C=O) groups excluding carboxylic acids is 2. The van der Waals surface area contributed by atoms with Crippen molar-refractivity contribution in [3.63, 3.8) is 0 Å². The first-order valence-electron chi connectivity index (χ1n) is 11.5. The van der Waals surface area contributed by atoms with Crippen molar-refractivity contribution in [3.05, 3.63) is 70.8 Å². The lowest BCUT2D eigenvalue weighted by atomic mass is 9.96. The summed E-state index contributed by atoms with van der Waals surface area (Å²) >= 11 is 6.00. The van der Waals surface area contributed by atoms with Crippen LogP contribution in [0.3, 0.4) is 0 Å². The van der Waals surface area contributed by atoms with Crippen LogP contribution >= 0.6 is 11.6 Å². The number of hydrogen-bond acceptors (Lipinski definition) is 6. The largest absolute Gasteiger partial charge is 0.480 e. The molecule has 0 radical (unpaired) electrons. The van der Waals surface area contributed by atoms with E-state index in [0.29, 0.717) is 16.1 Å². The Morgan fingerprint density at radius 2 is 1.84 bits per heavy atom. The molecule has 1 heterocycles. The van der Waals surface area contributed by atoms with Crippen LogP contribution in [0, 0.1) is 11.7 Å². The SMILES string of the molecule is CC(C)C(N)C(=O)N[C@H](C[C@@H](Cc1ccc(-c2cc(Cl)ccc2F)cc1)NC(=O)c1cnn[nH]1)C(=O)O. The normalized spacial score (nSPS) is 13.6. The number of halogens is 2. The van der Waals surface area contributed by atoms with E-state index in [1.807, 2.05) is 0 Å². The molecule has 196 valence electrons. The fraction of sp³-hybridized carbons (Fsp3) is 0.320. The number of nitrogens with two attached hydrogens (primary N) is 1. The van der Waals surface area contributed by atoms with Crippen LogP contribution in [-0.4, -0.2) is 56.4 Å². The fourth-order valence-electron chi connectivity index (χ4n) is 3.66. The minimum Gasteiger partial charge on any atom is -0.480 e. The molecule has 0 fully saturated rings. The molecule has 0 aliphatic rings. The second kappa shape index (κ2) is 12.4. The summed E-state index contributed by atoms with van der Waals surface area (Å²) in [7, 11) is 0. The van der Waals surface area contributed by atoms with Crippen molar-refractivity contribution in [2.45, 2.75) is 44.8 Å². The lowest BCUT2D eigenvalue weighted by Crippen LogP contribution is -2.52. The van der Waals surface area contributed by atoms with Gasteiger partial charge in [0.25, 0.3) is 5.91 Å². The summed E-state index contributed by atoms with van der Waals surface area (Å²) in [5.41, 5.74) is 7.64. The molecular weight excluding hydrogens is 503 g/mol. The first-order valence-corrected chi connectivity index (χ1v) is 11.9. The molecule has 0 saturated heterocycles. The minimum atomic E-state index is -1.30. The van der Waals surface area contributed by atoms with Crippen molar-refractivity contribution in [1.29, 1.82) is 0 Å². The average Bonchev–Trinajstić information content (AvgIpc) is 3.40. The van der Waals surface area contributed by atoms with E-state index in [1.165, 1.54) is 24.4 Å². The van der Waals surface area contributed by atoms with E-state index < -0.39 is 41.7 Å². The summed E-state index contributed by atoms with van der Waals surface area (Å²) in [6, 6.07) is 8.28. The Morgan fingerprint density at radius 1 is 1.14 bits per heavy atom. The van der Waals surface area contributed by atoms with E-state index in [9.17, 15) is 23.9 Å². The number of nitrogens with one attached hydrogen (secondary N) is 3. The topological polar surface area (TPSA) is 163 Å². The second-order valence-electron chi connectivity index (χ2n) is 8.97. The number of aliphatic carboxylic acids is 1. The highest BCUT2D eigenvalue weighted by Crippen LogP contribution is 2.26. The Balaban J connectivity index is 1.81. The zero-order chi connectivity index (χ0) is 27.1. The molecule has 0 bridgehead atoms. The van der Waals surface area contributed by atoms with Gasteiger partial charge in [-0.15, -0.1) is 5.10 Å². The van der Waals surface area contributed by atoms with E-state index in [2.05, 4.69) is 26.0 Å². The molecule has 2 aromatic carbocycles. The third-order valence-corrected chi connectivity index (χ3v) is 6.06. The monoisotopic (exact) mass is 530 g/mol. The maximum Gasteiger partial charge on any atom is 0.326 e. The van der Waals surface area contributed by atoms with Crippen molar-refractivity contribution in [1.82, 2.24) is 26.0 Å². The molecule has 3 aromatic rings. The summed E-state index contributed by atoms with van der Waals surface area (Å²) in [5, 5.41) is 24.9. The van der Waals surface area contributed by atoms with Gasteiger partial charge in [-0.1, -0.05) is 54.9 Å². The van der Waals surface area contributed by atoms with Crippen LogP contribution in [-0.2, 0) is 16.0 Å². The quantitative estimate of drug-likeness (QED) is 0.254. The summed E-state index contributed by atoms with van der Waals surface area (Å²) in [5.74, 6) is -3.02. The van der Waals surface area contributed by atoms with Crippen LogP contribution in [0.2, 0.25) is 5.02 Å². The molecule has 1 aromatic heterocycles. The molecule has 10 nitrogen and oxygen atoms in total. The van der Waals surface area contributed by atoms with E-state index in [4.69, 9.17) is 17.3 Å². The number of rotatable bonds is 11. The summed E-state index contributed by atoms with van der Waals surface area (Å²) in [6.07, 6.45) is 1.34. The van der Waals surface area contributed by atoms with Crippen LogP contribution in [0.15, 0.2) is 48.7 Å². The van der Waals surface area contributed by atoms with Crippen LogP contribution in [0.5, 0.6) is 0 Å². The van der Waals surface area contributed by atoms with Crippen molar-refractivity contribution >= 4 is 29.4 Å². The molecule has 0 saturated carbocycles. The number of amides is 2. The smallest absolute Gasteiger partial charge is 0.326 e. The number of hydrogen-bond donors (Lipinski definition) is 5. The van der Waals surface area contributed by atoms with E-state index in [-0.39, 0.29) is 24.5 Å². The van der Waals surface area contributed by atoms with Crippen LogP contribution in [0.25, 0.3) is 11.1 Å². The van der Waals surface area contributed by atoms with Crippen molar-refractivity contribution in [2.75, 3.05) is 0 Å². The van der Waals surface area contributed by atoms with Gasteiger partial charge in [-0.05, 0) is 48.1 Å². The third kappa shape index (κ3) is 7.58. The Morgan fingerprint density at radius 3 is 2.43 bits per heavy atom. The zero-order valence-corrected chi connectivity index (χ0v) is 21.0. The van der Waals surface area contributed by atoms with Crippen molar-refractivity contribution < 1.29 is 23.9 Å². The van der Waals surface area contributed by atoms with Gasteiger partial charge in [-0.3, -0.25) is 14.7 Å². The highest BCUT2D eigenvalue weighted by molar-refractivity contribution is 6.30. The number of aromatic amines is 1. The first kappa shape index (κ1) is 27.8. The van der Waals surface area contributed by atoms with Crippen molar-refractivity contribution in [3.8, 4) is 11.1 Å². The molecule has 0 spiro atoms. The van der Waals surface area contributed by atoms with Crippen LogP contribution < -0.4 is 16.4 Å². The van der Waals surface area contributed by atoms with Crippen LogP contribution in [0.1, 0.15) is 36.3 Å². The predicted molar refractivity (Wildman–Crippen MR) is 135 cm³/mol. The maximum absolute atomic E-state index is 14.3. The summed E-state index contributed by atoms with van der Waals surface area (Å²) in [6.45, 7) is 3.50. The van der Waals surface area contributed by atoms with Gasteiger partial charge in [0.1, 0.15) is 17.6 Å². The van der Waals surface area contributed by atoms with Crippen molar-refractivity contribution in [2.24, 2.45) is 11.7 Å². The zero-order valence-electron chi connectivity index (χ0n) is 20.2. The number of carboxylic acids is 1. The lowest BCUT2D eigenvalue weighted by molar-refractivity contribution is -0.142. The molecule has 12 heteroatoms. The van der Waals surface area contributed by atoms with E-state index >= 15 is 0 Å². The number of benzene rings is 2. The molecule has 0 aliphatic heterocycles. The van der Waals surface area contributed by atoms with Gasteiger partial charge in [0.2, 0.25) is 5.91 Å². The molecule has 0 aliphatic carbocycles. The number of carbonyl (C=O) groups is 3. The highest BCUT2D eigenvalue weighted by atomic mass is 35.5. The average molecular weight is 531 g/mol. The summed E-state index contributed by atoms with van der Waals surface area (Å²) < 4.78 is 14.3. The Hall–Kier alpha value is -3.83. The Labute approximate surface area is 217 Å². The number of H-pyrrole nitrogens is 1. The molecular formula is C25H28ClFN6O4. The second-order valence-corrected chi connectivity index (χ2v) is 9.41. The Kier molecular flexibility index (Phi) is 9.31. The van der Waals surface area contributed by atoms with Gasteiger partial charge in [0, 0.05) is 16.6 Å². The maximum atomic E-state index is 14.3. The predicted octanol–water partition coefficient (Wildman–Crippen LogP) is 2.55. The lowest BCUT2D eigenvalue weighted by Gasteiger charge is -2.25. The molecule has 6 N–H and O–H groups in total. The van der Waals surface area contributed by atoms with E-state index in [0.717, 1.165) is 5.56 Å². The van der Waals surface area contributed by atoms with Gasteiger partial charge < -0.3 is 21.5 Å².